The Kier molecular flexibility index (Phi) is 5.43. The average Bonchev–Trinajstić information content (AvgIpc) is 2.52. The van der Waals surface area contributed by atoms with Gasteiger partial charge in [-0.25, -0.2) is 4.98 Å². The predicted molar refractivity (Wildman–Crippen MR) is 87.5 cm³/mol. The van der Waals surface area contributed by atoms with Crippen LogP contribution in [-0.2, 0) is 0 Å². The van der Waals surface area contributed by atoms with Crippen molar-refractivity contribution in [1.82, 2.24) is 9.88 Å². The third-order valence-electron chi connectivity index (χ3n) is 3.27. The van der Waals surface area contributed by atoms with Crippen LogP contribution in [0.5, 0.6) is 0 Å². The van der Waals surface area contributed by atoms with Crippen LogP contribution in [0.25, 0.3) is 0 Å². The molecule has 0 bridgehead atoms. The number of aromatic nitrogens is 1. The van der Waals surface area contributed by atoms with E-state index in [1.807, 2.05) is 49.3 Å². The number of benzene rings is 1. The fraction of sp³-hybridized carbons (Fsp3) is 0.312. The van der Waals surface area contributed by atoms with Crippen molar-refractivity contribution in [1.29, 1.82) is 0 Å². The lowest BCUT2D eigenvalue weighted by Crippen LogP contribution is -2.24. The molecule has 0 saturated carbocycles. The smallest absolute Gasteiger partial charge is 0.311 e. The fourth-order valence-corrected chi connectivity index (χ4v) is 2.25. The van der Waals surface area contributed by atoms with E-state index in [1.165, 1.54) is 6.07 Å². The number of hydrogen-bond acceptors (Lipinski definition) is 5. The highest BCUT2D eigenvalue weighted by Crippen LogP contribution is 2.31. The highest BCUT2D eigenvalue weighted by Gasteiger charge is 2.21. The van der Waals surface area contributed by atoms with Crippen LogP contribution < -0.4 is 4.90 Å². The Balaban J connectivity index is 2.34. The lowest BCUT2D eigenvalue weighted by atomic mass is 10.2. The van der Waals surface area contributed by atoms with Gasteiger partial charge in [-0.3, -0.25) is 10.1 Å². The van der Waals surface area contributed by atoms with E-state index in [0.29, 0.717) is 12.4 Å². The molecule has 0 fully saturated rings. The molecule has 6 heteroatoms. The standard InChI is InChI=1S/C16H20N4O2/c1-18(2)12-7-13-19(14-8-4-3-5-9-14)16-15(20(21)22)10-6-11-17-16/h3-6,8-11H,7,12-13H2,1-2H3. The van der Waals surface area contributed by atoms with E-state index in [9.17, 15) is 10.1 Å². The summed E-state index contributed by atoms with van der Waals surface area (Å²) in [7, 11) is 4.02. The second kappa shape index (κ2) is 7.51. The van der Waals surface area contributed by atoms with Crippen LogP contribution >= 0.6 is 0 Å². The monoisotopic (exact) mass is 300 g/mol. The zero-order chi connectivity index (χ0) is 15.9. The van der Waals surface area contributed by atoms with Crippen LogP contribution in [0.15, 0.2) is 48.7 Å². The van der Waals surface area contributed by atoms with Gasteiger partial charge < -0.3 is 9.80 Å². The molecule has 0 spiro atoms. The molecular formula is C16H20N4O2. The number of nitro groups is 1. The molecule has 2 rings (SSSR count). The van der Waals surface area contributed by atoms with Gasteiger partial charge in [0.25, 0.3) is 0 Å². The SMILES string of the molecule is CN(C)CCCN(c1ccccc1)c1ncccc1[N+](=O)[O-]. The summed E-state index contributed by atoms with van der Waals surface area (Å²) in [6.07, 6.45) is 2.47. The van der Waals surface area contributed by atoms with Gasteiger partial charge in [0.15, 0.2) is 0 Å². The van der Waals surface area contributed by atoms with Gasteiger partial charge in [-0.2, -0.15) is 0 Å². The van der Waals surface area contributed by atoms with Crippen LogP contribution in [-0.4, -0.2) is 42.0 Å². The average molecular weight is 300 g/mol. The first-order valence-corrected chi connectivity index (χ1v) is 7.16. The molecule has 0 N–H and O–H groups in total. The lowest BCUT2D eigenvalue weighted by Gasteiger charge is -2.24. The van der Waals surface area contributed by atoms with Crippen molar-refractivity contribution >= 4 is 17.2 Å². The summed E-state index contributed by atoms with van der Waals surface area (Å²) >= 11 is 0. The second-order valence-electron chi connectivity index (χ2n) is 5.25. The molecule has 0 aliphatic heterocycles. The maximum absolute atomic E-state index is 11.3. The van der Waals surface area contributed by atoms with Gasteiger partial charge in [0.1, 0.15) is 0 Å². The van der Waals surface area contributed by atoms with Gasteiger partial charge in [0, 0.05) is 24.5 Å². The quantitative estimate of drug-likeness (QED) is 0.581. The molecular weight excluding hydrogens is 280 g/mol. The Morgan fingerprint density at radius 3 is 2.45 bits per heavy atom. The number of nitrogens with zero attached hydrogens (tertiary/aromatic N) is 4. The highest BCUT2D eigenvalue weighted by atomic mass is 16.6. The van der Waals surface area contributed by atoms with E-state index in [0.717, 1.165) is 18.7 Å². The van der Waals surface area contributed by atoms with Gasteiger partial charge in [-0.1, -0.05) is 18.2 Å². The number of hydrogen-bond donors (Lipinski definition) is 0. The first kappa shape index (κ1) is 15.9. The number of anilines is 2. The largest absolute Gasteiger partial charge is 0.321 e. The van der Waals surface area contributed by atoms with Crippen LogP contribution in [0.3, 0.4) is 0 Å². The van der Waals surface area contributed by atoms with Gasteiger partial charge in [-0.05, 0) is 45.3 Å². The molecule has 6 nitrogen and oxygen atoms in total. The maximum atomic E-state index is 11.3. The molecule has 0 aliphatic rings. The van der Waals surface area contributed by atoms with Crippen molar-refractivity contribution in [2.24, 2.45) is 0 Å². The van der Waals surface area contributed by atoms with Gasteiger partial charge in [-0.15, -0.1) is 0 Å². The van der Waals surface area contributed by atoms with E-state index >= 15 is 0 Å². The minimum Gasteiger partial charge on any atom is -0.321 e. The molecule has 0 amide bonds. The predicted octanol–water partition coefficient (Wildman–Crippen LogP) is 3.08. The van der Waals surface area contributed by atoms with E-state index < -0.39 is 0 Å². The summed E-state index contributed by atoms with van der Waals surface area (Å²) in [6, 6.07) is 12.7. The zero-order valence-electron chi connectivity index (χ0n) is 12.8. The van der Waals surface area contributed by atoms with Gasteiger partial charge in [0.05, 0.1) is 4.92 Å². The molecule has 1 aromatic heterocycles. The summed E-state index contributed by atoms with van der Waals surface area (Å²) in [5, 5.41) is 11.3. The van der Waals surface area contributed by atoms with Gasteiger partial charge >= 0.3 is 5.69 Å². The summed E-state index contributed by atoms with van der Waals surface area (Å²) in [5.41, 5.74) is 0.930. The summed E-state index contributed by atoms with van der Waals surface area (Å²) in [5.74, 6) is 0.387. The van der Waals surface area contributed by atoms with E-state index in [1.54, 1.807) is 12.3 Å². The summed E-state index contributed by atoms with van der Waals surface area (Å²) in [6.45, 7) is 1.57. The molecule has 0 saturated heterocycles. The molecule has 1 aromatic carbocycles. The number of para-hydroxylation sites is 1. The van der Waals surface area contributed by atoms with Crippen molar-refractivity contribution in [3.8, 4) is 0 Å². The van der Waals surface area contributed by atoms with E-state index in [-0.39, 0.29) is 10.6 Å². The van der Waals surface area contributed by atoms with Crippen molar-refractivity contribution in [2.75, 3.05) is 32.1 Å². The summed E-state index contributed by atoms with van der Waals surface area (Å²) in [4.78, 5) is 19.1. The van der Waals surface area contributed by atoms with Crippen molar-refractivity contribution in [3.05, 3.63) is 58.8 Å². The van der Waals surface area contributed by atoms with E-state index in [2.05, 4.69) is 9.88 Å². The summed E-state index contributed by atoms with van der Waals surface area (Å²) < 4.78 is 0. The molecule has 116 valence electrons. The molecule has 0 radical (unpaired) electrons. The molecule has 1 heterocycles. The highest BCUT2D eigenvalue weighted by molar-refractivity contribution is 5.68. The second-order valence-corrected chi connectivity index (χ2v) is 5.25. The van der Waals surface area contributed by atoms with Crippen molar-refractivity contribution in [2.45, 2.75) is 6.42 Å². The van der Waals surface area contributed by atoms with Crippen LogP contribution in [0.4, 0.5) is 17.2 Å². The third kappa shape index (κ3) is 4.02. The number of rotatable bonds is 7. The van der Waals surface area contributed by atoms with Crippen LogP contribution in [0.2, 0.25) is 0 Å². The fourth-order valence-electron chi connectivity index (χ4n) is 2.25. The Morgan fingerprint density at radius 1 is 1.09 bits per heavy atom. The Labute approximate surface area is 130 Å². The molecule has 0 unspecified atom stereocenters. The maximum Gasteiger partial charge on any atom is 0.311 e. The van der Waals surface area contributed by atoms with Crippen LogP contribution in [0, 0.1) is 10.1 Å². The molecule has 0 aliphatic carbocycles. The topological polar surface area (TPSA) is 62.5 Å². The Hall–Kier alpha value is -2.47. The Morgan fingerprint density at radius 2 is 1.82 bits per heavy atom. The van der Waals surface area contributed by atoms with Crippen molar-refractivity contribution < 1.29 is 4.92 Å². The Bertz CT molecular complexity index is 617. The molecule has 22 heavy (non-hydrogen) atoms. The van der Waals surface area contributed by atoms with Crippen molar-refractivity contribution in [3.63, 3.8) is 0 Å². The first-order chi connectivity index (χ1) is 10.6. The van der Waals surface area contributed by atoms with E-state index in [4.69, 9.17) is 0 Å². The lowest BCUT2D eigenvalue weighted by molar-refractivity contribution is -0.384. The first-order valence-electron chi connectivity index (χ1n) is 7.16. The van der Waals surface area contributed by atoms with Gasteiger partial charge in [0.2, 0.25) is 5.82 Å². The third-order valence-corrected chi connectivity index (χ3v) is 3.27. The molecule has 0 atom stereocenters. The zero-order valence-corrected chi connectivity index (χ0v) is 12.8. The van der Waals surface area contributed by atoms with Crippen LogP contribution in [0.1, 0.15) is 6.42 Å². The normalized spacial score (nSPS) is 10.7. The minimum absolute atomic E-state index is 0.0243. The molecule has 2 aromatic rings. The number of pyridine rings is 1. The minimum atomic E-state index is -0.385.